The predicted molar refractivity (Wildman–Crippen MR) is 78.2 cm³/mol. The van der Waals surface area contributed by atoms with Crippen LogP contribution in [-0.4, -0.2) is 18.1 Å². The van der Waals surface area contributed by atoms with Crippen LogP contribution in [0.1, 0.15) is 17.2 Å². The van der Waals surface area contributed by atoms with Crippen molar-refractivity contribution in [3.8, 4) is 6.07 Å². The highest BCUT2D eigenvalue weighted by Crippen LogP contribution is 2.25. The molecule has 0 spiro atoms. The molecule has 1 aromatic heterocycles. The zero-order valence-electron chi connectivity index (χ0n) is 11.4. The summed E-state index contributed by atoms with van der Waals surface area (Å²) in [4.78, 5) is 16.0. The normalized spacial score (nSPS) is 11.2. The van der Waals surface area contributed by atoms with E-state index >= 15 is 0 Å². The molecule has 1 atom stereocenters. The summed E-state index contributed by atoms with van der Waals surface area (Å²) < 4.78 is 4.80. The Morgan fingerprint density at radius 2 is 2.10 bits per heavy atom. The fourth-order valence-electron chi connectivity index (χ4n) is 1.86. The largest absolute Gasteiger partial charge is 0.467 e. The molecule has 2 rings (SSSR count). The molecule has 1 aromatic carbocycles. The minimum absolute atomic E-state index is 0.199. The number of nitrogens with one attached hydrogen (secondary N) is 1. The van der Waals surface area contributed by atoms with E-state index < -0.39 is 12.0 Å². The van der Waals surface area contributed by atoms with Crippen LogP contribution in [0.3, 0.4) is 0 Å². The summed E-state index contributed by atoms with van der Waals surface area (Å²) in [5.41, 5.74) is 7.07. The summed E-state index contributed by atoms with van der Waals surface area (Å²) in [5, 5.41) is 11.9. The van der Waals surface area contributed by atoms with Gasteiger partial charge in [0.1, 0.15) is 6.07 Å². The standard InChI is InChI=1S/C15H14N4O2/c1-21-15(20)13(10-5-3-2-4-6-10)19-14-12(17)11(9-16)7-8-18-14/h2-8,13H,17H2,1H3,(H,18,19). The summed E-state index contributed by atoms with van der Waals surface area (Å²) in [6, 6.07) is 11.8. The molecule has 0 fully saturated rings. The van der Waals surface area contributed by atoms with Crippen molar-refractivity contribution in [3.63, 3.8) is 0 Å². The van der Waals surface area contributed by atoms with Crippen LogP contribution >= 0.6 is 0 Å². The van der Waals surface area contributed by atoms with Gasteiger partial charge in [-0.3, -0.25) is 0 Å². The fourth-order valence-corrected chi connectivity index (χ4v) is 1.86. The van der Waals surface area contributed by atoms with Gasteiger partial charge in [0.05, 0.1) is 18.4 Å². The van der Waals surface area contributed by atoms with Gasteiger partial charge in [0.15, 0.2) is 11.9 Å². The maximum Gasteiger partial charge on any atom is 0.333 e. The zero-order chi connectivity index (χ0) is 15.2. The number of rotatable bonds is 4. The smallest absolute Gasteiger partial charge is 0.333 e. The summed E-state index contributed by atoms with van der Waals surface area (Å²) in [6.45, 7) is 0. The molecule has 0 saturated heterocycles. The molecule has 0 saturated carbocycles. The Morgan fingerprint density at radius 1 is 1.38 bits per heavy atom. The number of hydrogen-bond donors (Lipinski definition) is 2. The average molecular weight is 282 g/mol. The molecule has 0 amide bonds. The number of nitrogens with zero attached hydrogens (tertiary/aromatic N) is 2. The number of anilines is 2. The number of nitrogens with two attached hydrogens (primary N) is 1. The monoisotopic (exact) mass is 282 g/mol. The van der Waals surface area contributed by atoms with Crippen molar-refractivity contribution in [3.05, 3.63) is 53.7 Å². The van der Waals surface area contributed by atoms with Crippen LogP contribution in [0.4, 0.5) is 11.5 Å². The van der Waals surface area contributed by atoms with Gasteiger partial charge < -0.3 is 15.8 Å². The molecule has 0 radical (unpaired) electrons. The van der Waals surface area contributed by atoms with Gasteiger partial charge in [-0.1, -0.05) is 30.3 Å². The minimum atomic E-state index is -0.750. The number of benzene rings is 1. The number of esters is 1. The summed E-state index contributed by atoms with van der Waals surface area (Å²) >= 11 is 0. The molecule has 2 aromatic rings. The number of nitrogen functional groups attached to an aromatic ring is 1. The van der Waals surface area contributed by atoms with Gasteiger partial charge in [-0.2, -0.15) is 5.26 Å². The van der Waals surface area contributed by atoms with Crippen LogP contribution < -0.4 is 11.1 Å². The second kappa shape index (κ2) is 6.39. The van der Waals surface area contributed by atoms with E-state index in [1.165, 1.54) is 19.4 Å². The fraction of sp³-hybridized carbons (Fsp3) is 0.133. The zero-order valence-corrected chi connectivity index (χ0v) is 11.4. The number of ether oxygens (including phenoxy) is 1. The molecule has 0 aliphatic rings. The molecule has 21 heavy (non-hydrogen) atoms. The Kier molecular flexibility index (Phi) is 4.36. The van der Waals surface area contributed by atoms with Gasteiger partial charge >= 0.3 is 5.97 Å². The van der Waals surface area contributed by atoms with E-state index in [1.54, 1.807) is 12.1 Å². The predicted octanol–water partition coefficient (Wildman–Crippen LogP) is 1.86. The van der Waals surface area contributed by atoms with Crippen LogP contribution in [0.5, 0.6) is 0 Å². The second-order valence-electron chi connectivity index (χ2n) is 4.24. The second-order valence-corrected chi connectivity index (χ2v) is 4.24. The third-order valence-electron chi connectivity index (χ3n) is 2.96. The van der Waals surface area contributed by atoms with Crippen molar-refractivity contribution in [1.82, 2.24) is 4.98 Å². The lowest BCUT2D eigenvalue weighted by atomic mass is 10.1. The summed E-state index contributed by atoms with van der Waals surface area (Å²) in [6.07, 6.45) is 1.45. The first-order valence-corrected chi connectivity index (χ1v) is 6.21. The molecule has 1 heterocycles. The van der Waals surface area contributed by atoms with Crippen LogP contribution in [0.2, 0.25) is 0 Å². The number of hydrogen-bond acceptors (Lipinski definition) is 6. The van der Waals surface area contributed by atoms with Gasteiger partial charge in [0.2, 0.25) is 0 Å². The van der Waals surface area contributed by atoms with E-state index in [2.05, 4.69) is 10.3 Å². The van der Waals surface area contributed by atoms with E-state index in [0.29, 0.717) is 11.1 Å². The third kappa shape index (κ3) is 3.09. The highest BCUT2D eigenvalue weighted by molar-refractivity contribution is 5.82. The quantitative estimate of drug-likeness (QED) is 0.830. The summed E-state index contributed by atoms with van der Waals surface area (Å²) in [7, 11) is 1.31. The molecule has 6 nitrogen and oxygen atoms in total. The Balaban J connectivity index is 2.37. The third-order valence-corrected chi connectivity index (χ3v) is 2.96. The minimum Gasteiger partial charge on any atom is -0.467 e. The number of carbonyl (C=O) groups excluding carboxylic acids is 1. The van der Waals surface area contributed by atoms with E-state index in [-0.39, 0.29) is 11.5 Å². The Labute approximate surface area is 122 Å². The van der Waals surface area contributed by atoms with Crippen LogP contribution in [0.25, 0.3) is 0 Å². The van der Waals surface area contributed by atoms with E-state index in [1.807, 2.05) is 24.3 Å². The van der Waals surface area contributed by atoms with Gasteiger partial charge in [-0.25, -0.2) is 9.78 Å². The molecule has 1 unspecified atom stereocenters. The molecule has 0 aliphatic carbocycles. The maximum atomic E-state index is 12.0. The van der Waals surface area contributed by atoms with Crippen LogP contribution in [-0.2, 0) is 9.53 Å². The van der Waals surface area contributed by atoms with Gasteiger partial charge in [-0.15, -0.1) is 0 Å². The molecular formula is C15H14N4O2. The van der Waals surface area contributed by atoms with Crippen molar-refractivity contribution in [2.75, 3.05) is 18.2 Å². The van der Waals surface area contributed by atoms with E-state index in [9.17, 15) is 4.79 Å². The number of carbonyl (C=O) groups is 1. The van der Waals surface area contributed by atoms with Crippen molar-refractivity contribution in [2.45, 2.75) is 6.04 Å². The molecule has 0 aliphatic heterocycles. The topological polar surface area (TPSA) is 101 Å². The van der Waals surface area contributed by atoms with Crippen molar-refractivity contribution < 1.29 is 9.53 Å². The Morgan fingerprint density at radius 3 is 2.71 bits per heavy atom. The molecule has 106 valence electrons. The number of pyridine rings is 1. The lowest BCUT2D eigenvalue weighted by Crippen LogP contribution is -2.23. The first-order chi connectivity index (χ1) is 10.2. The highest BCUT2D eigenvalue weighted by Gasteiger charge is 2.22. The molecule has 6 heteroatoms. The van der Waals surface area contributed by atoms with Crippen molar-refractivity contribution >= 4 is 17.5 Å². The molecule has 0 bridgehead atoms. The number of aromatic nitrogens is 1. The number of nitriles is 1. The first kappa shape index (κ1) is 14.3. The molecular weight excluding hydrogens is 268 g/mol. The molecule has 3 N–H and O–H groups in total. The SMILES string of the molecule is COC(=O)C(Nc1nccc(C#N)c1N)c1ccccc1. The van der Waals surface area contributed by atoms with Gasteiger partial charge in [0.25, 0.3) is 0 Å². The highest BCUT2D eigenvalue weighted by atomic mass is 16.5. The van der Waals surface area contributed by atoms with Crippen LogP contribution in [0.15, 0.2) is 42.6 Å². The average Bonchev–Trinajstić information content (AvgIpc) is 2.54. The van der Waals surface area contributed by atoms with Crippen LogP contribution in [0, 0.1) is 11.3 Å². The van der Waals surface area contributed by atoms with Gasteiger partial charge in [-0.05, 0) is 11.6 Å². The lowest BCUT2D eigenvalue weighted by molar-refractivity contribution is -0.141. The summed E-state index contributed by atoms with van der Waals surface area (Å²) in [5.74, 6) is -0.196. The lowest BCUT2D eigenvalue weighted by Gasteiger charge is -2.18. The maximum absolute atomic E-state index is 12.0. The van der Waals surface area contributed by atoms with Gasteiger partial charge in [0, 0.05) is 6.20 Å². The van der Waals surface area contributed by atoms with Crippen molar-refractivity contribution in [2.24, 2.45) is 0 Å². The van der Waals surface area contributed by atoms with E-state index in [0.717, 1.165) is 0 Å². The van der Waals surface area contributed by atoms with E-state index in [4.69, 9.17) is 15.7 Å². The Bertz CT molecular complexity index is 680. The first-order valence-electron chi connectivity index (χ1n) is 6.21. The van der Waals surface area contributed by atoms with Crippen molar-refractivity contribution in [1.29, 1.82) is 5.26 Å². The number of methoxy groups -OCH3 is 1. The Hall–Kier alpha value is -3.07.